The van der Waals surface area contributed by atoms with Crippen molar-refractivity contribution in [2.75, 3.05) is 13.2 Å². The molecule has 1 spiro atoms. The third-order valence-corrected chi connectivity index (χ3v) is 8.06. The minimum Gasteiger partial charge on any atom is -0.486 e. The number of hydrogen-bond donors (Lipinski definition) is 0. The van der Waals surface area contributed by atoms with Crippen LogP contribution in [0.5, 0.6) is 5.75 Å². The fourth-order valence-corrected chi connectivity index (χ4v) is 7.08. The summed E-state index contributed by atoms with van der Waals surface area (Å²) in [5.74, 6) is 1.47. The van der Waals surface area contributed by atoms with Crippen molar-refractivity contribution in [1.82, 2.24) is 4.90 Å². The molecule has 0 N–H and O–H groups in total. The second kappa shape index (κ2) is 4.96. The Morgan fingerprint density at radius 1 is 1.50 bits per heavy atom. The average Bonchev–Trinajstić information content (AvgIpc) is 3.29. The molecule has 5 nitrogen and oxygen atoms in total. The van der Waals surface area contributed by atoms with E-state index < -0.39 is 0 Å². The number of likely N-dealkylation sites (tertiary alicyclic amines) is 1. The molecule has 5 aliphatic rings. The van der Waals surface area contributed by atoms with Crippen LogP contribution in [0.1, 0.15) is 36.5 Å². The minimum absolute atomic E-state index is 0.0111. The number of rotatable bonds is 1. The van der Waals surface area contributed by atoms with Gasteiger partial charge in [0.05, 0.1) is 12.7 Å². The lowest BCUT2D eigenvalue weighted by molar-refractivity contribution is -0.0388. The fourth-order valence-electron chi connectivity index (χ4n) is 6.38. The predicted molar refractivity (Wildman–Crippen MR) is 97.6 cm³/mol. The zero-order valence-electron chi connectivity index (χ0n) is 15.0. The van der Waals surface area contributed by atoms with Crippen molar-refractivity contribution in [2.45, 2.75) is 62.9 Å². The molecule has 3 heterocycles. The number of nitrogens with zero attached hydrogens (tertiary/aromatic N) is 1. The van der Waals surface area contributed by atoms with Gasteiger partial charge in [0.15, 0.2) is 0 Å². The highest BCUT2D eigenvalue weighted by Crippen LogP contribution is 2.66. The number of epoxide rings is 1. The number of hydrogen-bond acceptors (Lipinski definition) is 4. The van der Waals surface area contributed by atoms with Gasteiger partial charge in [0.25, 0.3) is 0 Å². The van der Waals surface area contributed by atoms with E-state index in [9.17, 15) is 4.79 Å². The standard InChI is InChI=1S/C20H22BrNO4/c1-3-24-19(23)22-5-4-20-11-8-14-17(25-14)18(20)26-16-9(2)6-12(21)10(15(16)20)7-13(11)22/h6,11,13-14,17-18H,3-5,7-8H2,1-2H3/t11-,13+,14-,17?,18-,20-/m0/s1. The molecule has 1 unspecified atom stereocenters. The Hall–Kier alpha value is -1.27. The monoisotopic (exact) mass is 419 g/mol. The van der Waals surface area contributed by atoms with E-state index in [0.717, 1.165) is 36.0 Å². The molecule has 1 amide bonds. The normalized spacial score (nSPS) is 40.4. The van der Waals surface area contributed by atoms with E-state index in [4.69, 9.17) is 14.2 Å². The number of aryl methyl sites for hydroxylation is 1. The van der Waals surface area contributed by atoms with Crippen LogP contribution in [0.4, 0.5) is 4.79 Å². The fraction of sp³-hybridized carbons (Fsp3) is 0.650. The lowest BCUT2D eigenvalue weighted by Crippen LogP contribution is -2.66. The van der Waals surface area contributed by atoms with Gasteiger partial charge in [-0.15, -0.1) is 0 Å². The van der Waals surface area contributed by atoms with Gasteiger partial charge in [-0.05, 0) is 56.2 Å². The van der Waals surface area contributed by atoms with Gasteiger partial charge in [-0.25, -0.2) is 4.79 Å². The number of fused-ring (bicyclic) bond motifs is 2. The lowest BCUT2D eigenvalue weighted by Gasteiger charge is -2.56. The quantitative estimate of drug-likeness (QED) is 0.655. The third-order valence-electron chi connectivity index (χ3n) is 7.35. The molecule has 1 aromatic carbocycles. The first-order valence-electron chi connectivity index (χ1n) is 9.64. The molecule has 1 saturated carbocycles. The van der Waals surface area contributed by atoms with Gasteiger partial charge in [0.1, 0.15) is 18.0 Å². The number of benzene rings is 1. The molecule has 2 aliphatic carbocycles. The van der Waals surface area contributed by atoms with E-state index in [1.54, 1.807) is 0 Å². The summed E-state index contributed by atoms with van der Waals surface area (Å²) in [4.78, 5) is 14.6. The first-order chi connectivity index (χ1) is 12.6. The highest BCUT2D eigenvalue weighted by Gasteiger charge is 2.72. The Balaban J connectivity index is 1.55. The summed E-state index contributed by atoms with van der Waals surface area (Å²) < 4.78 is 19.1. The highest BCUT2D eigenvalue weighted by molar-refractivity contribution is 9.10. The number of piperidine rings is 1. The van der Waals surface area contributed by atoms with Crippen molar-refractivity contribution in [3.63, 3.8) is 0 Å². The molecule has 2 bridgehead atoms. The molecule has 3 aliphatic heterocycles. The summed E-state index contributed by atoms with van der Waals surface area (Å²) >= 11 is 3.80. The molecule has 2 saturated heterocycles. The van der Waals surface area contributed by atoms with Crippen LogP contribution in [0.2, 0.25) is 0 Å². The van der Waals surface area contributed by atoms with Crippen molar-refractivity contribution >= 4 is 22.0 Å². The molecule has 26 heavy (non-hydrogen) atoms. The molecular weight excluding hydrogens is 398 g/mol. The smallest absolute Gasteiger partial charge is 0.410 e. The molecule has 138 valence electrons. The molecule has 0 radical (unpaired) electrons. The van der Waals surface area contributed by atoms with Crippen LogP contribution >= 0.6 is 15.9 Å². The number of ether oxygens (including phenoxy) is 3. The second-order valence-electron chi connectivity index (χ2n) is 8.33. The summed E-state index contributed by atoms with van der Waals surface area (Å²) in [6.45, 7) is 5.16. The van der Waals surface area contributed by atoms with Gasteiger partial charge in [0.2, 0.25) is 0 Å². The first-order valence-corrected chi connectivity index (χ1v) is 10.4. The number of carbonyl (C=O) groups excluding carboxylic acids is 1. The summed E-state index contributed by atoms with van der Waals surface area (Å²) in [6, 6.07) is 2.33. The molecule has 6 heteroatoms. The molecule has 1 aromatic rings. The van der Waals surface area contributed by atoms with Crippen LogP contribution < -0.4 is 4.74 Å². The Labute approximate surface area is 161 Å². The largest absolute Gasteiger partial charge is 0.486 e. The van der Waals surface area contributed by atoms with Crippen LogP contribution in [-0.4, -0.2) is 48.5 Å². The maximum absolute atomic E-state index is 12.6. The Bertz CT molecular complexity index is 842. The van der Waals surface area contributed by atoms with Crippen LogP contribution in [0.15, 0.2) is 10.5 Å². The minimum atomic E-state index is -0.173. The average molecular weight is 420 g/mol. The van der Waals surface area contributed by atoms with E-state index in [0.29, 0.717) is 18.6 Å². The van der Waals surface area contributed by atoms with E-state index in [1.807, 2.05) is 11.8 Å². The molecule has 6 rings (SSSR count). The molecule has 3 fully saturated rings. The Morgan fingerprint density at radius 3 is 3.15 bits per heavy atom. The van der Waals surface area contributed by atoms with Crippen molar-refractivity contribution in [2.24, 2.45) is 5.92 Å². The summed E-state index contributed by atoms with van der Waals surface area (Å²) in [6.07, 6.45) is 3.26. The van der Waals surface area contributed by atoms with E-state index in [2.05, 4.69) is 28.9 Å². The lowest BCUT2D eigenvalue weighted by atomic mass is 9.52. The van der Waals surface area contributed by atoms with Crippen LogP contribution in [0.25, 0.3) is 0 Å². The third kappa shape index (κ3) is 1.69. The zero-order chi connectivity index (χ0) is 17.8. The van der Waals surface area contributed by atoms with Gasteiger partial charge in [-0.1, -0.05) is 15.9 Å². The molecule has 6 atom stereocenters. The maximum atomic E-state index is 12.6. The van der Waals surface area contributed by atoms with Crippen molar-refractivity contribution in [3.05, 3.63) is 27.2 Å². The zero-order valence-corrected chi connectivity index (χ0v) is 16.5. The van der Waals surface area contributed by atoms with Gasteiger partial charge in [-0.3, -0.25) is 0 Å². The van der Waals surface area contributed by atoms with Crippen LogP contribution in [-0.2, 0) is 21.3 Å². The topological polar surface area (TPSA) is 51.3 Å². The number of halogens is 1. The number of amides is 1. The van der Waals surface area contributed by atoms with E-state index in [-0.39, 0.29) is 29.8 Å². The van der Waals surface area contributed by atoms with Gasteiger partial charge < -0.3 is 19.1 Å². The Morgan fingerprint density at radius 2 is 2.35 bits per heavy atom. The van der Waals surface area contributed by atoms with Gasteiger partial charge >= 0.3 is 6.09 Å². The molecular formula is C20H22BrNO4. The summed E-state index contributed by atoms with van der Waals surface area (Å²) in [7, 11) is 0. The first kappa shape index (κ1) is 15.8. The number of carbonyl (C=O) groups is 1. The van der Waals surface area contributed by atoms with Crippen LogP contribution in [0, 0.1) is 12.8 Å². The van der Waals surface area contributed by atoms with Crippen molar-refractivity contribution in [3.8, 4) is 5.75 Å². The van der Waals surface area contributed by atoms with Crippen LogP contribution in [0.3, 0.4) is 0 Å². The summed E-state index contributed by atoms with van der Waals surface area (Å²) in [5, 5.41) is 0. The van der Waals surface area contributed by atoms with E-state index >= 15 is 0 Å². The van der Waals surface area contributed by atoms with Gasteiger partial charge in [-0.2, -0.15) is 0 Å². The summed E-state index contributed by atoms with van der Waals surface area (Å²) in [5.41, 5.74) is 3.92. The highest BCUT2D eigenvalue weighted by atomic mass is 79.9. The molecule has 0 aromatic heterocycles. The second-order valence-corrected chi connectivity index (χ2v) is 9.19. The van der Waals surface area contributed by atoms with Gasteiger partial charge in [0, 0.05) is 28.0 Å². The predicted octanol–water partition coefficient (Wildman–Crippen LogP) is 3.33. The Kier molecular flexibility index (Phi) is 3.00. The SMILES string of the molecule is CCOC(=O)N1CC[C@]23c4c5c(Br)cc(C)c4O[C@H]2C2O[C@H]2C[C@H]3[C@H]1C5. The van der Waals surface area contributed by atoms with E-state index in [1.165, 1.54) is 16.7 Å². The maximum Gasteiger partial charge on any atom is 0.410 e. The van der Waals surface area contributed by atoms with Crippen molar-refractivity contribution < 1.29 is 19.0 Å². The van der Waals surface area contributed by atoms with Crippen molar-refractivity contribution in [1.29, 1.82) is 0 Å².